The van der Waals surface area contributed by atoms with Crippen molar-refractivity contribution in [2.45, 2.75) is 13.8 Å². The van der Waals surface area contributed by atoms with Crippen LogP contribution in [0.15, 0.2) is 206 Å². The molecule has 0 unspecified atom stereocenters. The van der Waals surface area contributed by atoms with E-state index in [0.717, 1.165) is 17.1 Å². The van der Waals surface area contributed by atoms with Crippen LogP contribution in [0.5, 0.6) is 0 Å². The second-order valence-electron chi connectivity index (χ2n) is 14.7. The maximum atomic E-state index is 2.40. The molecule has 0 aliphatic carbocycles. The Morgan fingerprint density at radius 3 is 1.80 bits per heavy atom. The lowest BCUT2D eigenvalue weighted by molar-refractivity contribution is 1.18. The molecule has 0 aliphatic heterocycles. The lowest BCUT2D eigenvalue weighted by Gasteiger charge is -2.27. The molecular weight excluding hydrogens is 677 g/mol. The van der Waals surface area contributed by atoms with E-state index in [9.17, 15) is 0 Å². The fourth-order valence-electron chi connectivity index (χ4n) is 8.59. The van der Waals surface area contributed by atoms with Gasteiger partial charge in [-0.05, 0) is 118 Å². The van der Waals surface area contributed by atoms with Crippen LogP contribution in [0.2, 0.25) is 0 Å². The summed E-state index contributed by atoms with van der Waals surface area (Å²) in [5.74, 6) is 0. The molecule has 9 aromatic carbocycles. The van der Waals surface area contributed by atoms with Gasteiger partial charge in [0.15, 0.2) is 0 Å². The third-order valence-electron chi connectivity index (χ3n) is 11.2. The highest BCUT2D eigenvalue weighted by Gasteiger charge is 2.18. The highest BCUT2D eigenvalue weighted by atomic mass is 15.1. The Balaban J connectivity index is 1.03. The molecule has 2 nitrogen and oxygen atoms in total. The number of hydrogen-bond donors (Lipinski definition) is 0. The fraction of sp³-hybridized carbons (Fsp3) is 0.0370. The van der Waals surface area contributed by atoms with Gasteiger partial charge in [-0.25, -0.2) is 0 Å². The maximum absolute atomic E-state index is 2.40. The van der Waals surface area contributed by atoms with Crippen molar-refractivity contribution in [3.63, 3.8) is 0 Å². The third kappa shape index (κ3) is 5.75. The number of benzene rings is 9. The van der Waals surface area contributed by atoms with E-state index in [2.05, 4.69) is 230 Å². The van der Waals surface area contributed by atoms with Gasteiger partial charge in [-0.3, -0.25) is 0 Å². The lowest BCUT2D eigenvalue weighted by Crippen LogP contribution is -2.10. The van der Waals surface area contributed by atoms with E-state index in [4.69, 9.17) is 0 Å². The standard InChI is InChI=1S/C54H40N2/c1-37-15-13-24-48(42-30-34-50-49-23-11-12-25-52(49)56(53(50)36-42)44-20-7-4-8-21-44)54(37)46-33-29-41(35-38(46)2)39-27-31-45(32-28-39)55(43-18-5-3-6-19-43)51-26-14-17-40-16-9-10-22-47(40)51/h3-36H,1-2H3. The molecule has 0 bridgehead atoms. The molecule has 10 aromatic rings. The van der Waals surface area contributed by atoms with Crippen molar-refractivity contribution in [1.82, 2.24) is 4.57 Å². The molecule has 0 spiro atoms. The van der Waals surface area contributed by atoms with Crippen molar-refractivity contribution >= 4 is 49.6 Å². The monoisotopic (exact) mass is 716 g/mol. The van der Waals surface area contributed by atoms with Crippen molar-refractivity contribution in [3.8, 4) is 39.1 Å². The SMILES string of the molecule is Cc1cc(-c2ccc(N(c3ccccc3)c3cccc4ccccc34)cc2)ccc1-c1c(C)cccc1-c1ccc2c3ccccc3n(-c3ccccc3)c2c1. The summed E-state index contributed by atoms with van der Waals surface area (Å²) in [4.78, 5) is 2.36. The molecule has 0 atom stereocenters. The molecule has 0 amide bonds. The second kappa shape index (κ2) is 13.9. The molecule has 0 fully saturated rings. The summed E-state index contributed by atoms with van der Waals surface area (Å²) in [6.45, 7) is 4.48. The summed E-state index contributed by atoms with van der Waals surface area (Å²) < 4.78 is 2.40. The number of rotatable bonds is 7. The Morgan fingerprint density at radius 2 is 1.00 bits per heavy atom. The zero-order chi connectivity index (χ0) is 37.6. The summed E-state index contributed by atoms with van der Waals surface area (Å²) in [5, 5.41) is 4.98. The highest BCUT2D eigenvalue weighted by Crippen LogP contribution is 2.42. The number of nitrogens with zero attached hydrogens (tertiary/aromatic N) is 2. The number of fused-ring (bicyclic) bond motifs is 4. The van der Waals surface area contributed by atoms with E-state index in [1.807, 2.05) is 0 Å². The number of aromatic nitrogens is 1. The summed E-state index contributed by atoms with van der Waals surface area (Å²) in [6, 6.07) is 74.9. The van der Waals surface area contributed by atoms with Gasteiger partial charge < -0.3 is 9.47 Å². The average Bonchev–Trinajstić information content (AvgIpc) is 3.58. The van der Waals surface area contributed by atoms with E-state index in [1.54, 1.807) is 0 Å². The predicted octanol–water partition coefficient (Wildman–Crippen LogP) is 15.0. The first kappa shape index (κ1) is 33.4. The van der Waals surface area contributed by atoms with E-state index < -0.39 is 0 Å². The van der Waals surface area contributed by atoms with Crippen LogP contribution in [0.1, 0.15) is 11.1 Å². The topological polar surface area (TPSA) is 8.17 Å². The van der Waals surface area contributed by atoms with Crippen LogP contribution < -0.4 is 4.90 Å². The molecule has 10 rings (SSSR count). The zero-order valence-corrected chi connectivity index (χ0v) is 31.5. The zero-order valence-electron chi connectivity index (χ0n) is 31.5. The predicted molar refractivity (Wildman–Crippen MR) is 239 cm³/mol. The van der Waals surface area contributed by atoms with Gasteiger partial charge in [0.2, 0.25) is 0 Å². The van der Waals surface area contributed by atoms with Crippen LogP contribution in [0.3, 0.4) is 0 Å². The molecule has 0 saturated carbocycles. The van der Waals surface area contributed by atoms with Crippen molar-refractivity contribution in [3.05, 3.63) is 217 Å². The third-order valence-corrected chi connectivity index (χ3v) is 11.2. The second-order valence-corrected chi connectivity index (χ2v) is 14.7. The van der Waals surface area contributed by atoms with Crippen LogP contribution in [-0.4, -0.2) is 4.57 Å². The van der Waals surface area contributed by atoms with Gasteiger partial charge in [0.25, 0.3) is 0 Å². The Hall–Kier alpha value is -7.16. The van der Waals surface area contributed by atoms with Crippen molar-refractivity contribution < 1.29 is 0 Å². The quantitative estimate of drug-likeness (QED) is 0.159. The van der Waals surface area contributed by atoms with E-state index in [0.29, 0.717) is 0 Å². The highest BCUT2D eigenvalue weighted by molar-refractivity contribution is 6.10. The number of para-hydroxylation sites is 3. The molecule has 0 radical (unpaired) electrons. The molecule has 56 heavy (non-hydrogen) atoms. The van der Waals surface area contributed by atoms with Crippen molar-refractivity contribution in [1.29, 1.82) is 0 Å². The lowest BCUT2D eigenvalue weighted by atomic mass is 9.87. The largest absolute Gasteiger partial charge is 0.310 e. The van der Waals surface area contributed by atoms with Gasteiger partial charge >= 0.3 is 0 Å². The minimum Gasteiger partial charge on any atom is -0.310 e. The normalized spacial score (nSPS) is 11.4. The first-order chi connectivity index (χ1) is 27.6. The fourth-order valence-corrected chi connectivity index (χ4v) is 8.59. The van der Waals surface area contributed by atoms with E-state index in [-0.39, 0.29) is 0 Å². The molecule has 0 aliphatic rings. The van der Waals surface area contributed by atoms with E-state index in [1.165, 1.54) is 82.8 Å². The first-order valence-corrected chi connectivity index (χ1v) is 19.4. The van der Waals surface area contributed by atoms with Crippen molar-refractivity contribution in [2.24, 2.45) is 0 Å². The Kier molecular flexibility index (Phi) is 8.30. The summed E-state index contributed by atoms with van der Waals surface area (Å²) >= 11 is 0. The number of aryl methyl sites for hydroxylation is 2. The van der Waals surface area contributed by atoms with Crippen LogP contribution in [0, 0.1) is 13.8 Å². The molecule has 1 aromatic heterocycles. The van der Waals surface area contributed by atoms with Gasteiger partial charge in [0.05, 0.1) is 16.7 Å². The Labute approximate surface area is 328 Å². The van der Waals surface area contributed by atoms with Gasteiger partial charge in [-0.15, -0.1) is 0 Å². The van der Waals surface area contributed by atoms with Gasteiger partial charge in [-0.1, -0.05) is 152 Å². The Morgan fingerprint density at radius 1 is 0.375 bits per heavy atom. The molecule has 266 valence electrons. The minimum atomic E-state index is 1.12. The number of hydrogen-bond acceptors (Lipinski definition) is 1. The molecule has 1 heterocycles. The minimum absolute atomic E-state index is 1.12. The molecule has 2 heteroatoms. The summed E-state index contributed by atoms with van der Waals surface area (Å²) in [6.07, 6.45) is 0. The molecule has 0 saturated heterocycles. The van der Waals surface area contributed by atoms with Crippen LogP contribution in [0.4, 0.5) is 17.1 Å². The molecule has 0 N–H and O–H groups in total. The Bertz CT molecular complexity index is 3020. The average molecular weight is 717 g/mol. The first-order valence-electron chi connectivity index (χ1n) is 19.4. The van der Waals surface area contributed by atoms with Gasteiger partial charge in [0, 0.05) is 33.2 Å². The summed E-state index contributed by atoms with van der Waals surface area (Å²) in [7, 11) is 0. The number of anilines is 3. The van der Waals surface area contributed by atoms with Crippen LogP contribution in [-0.2, 0) is 0 Å². The maximum Gasteiger partial charge on any atom is 0.0547 e. The van der Waals surface area contributed by atoms with Crippen LogP contribution in [0.25, 0.3) is 71.6 Å². The summed E-state index contributed by atoms with van der Waals surface area (Å²) in [5.41, 5.74) is 16.9. The van der Waals surface area contributed by atoms with Gasteiger partial charge in [-0.2, -0.15) is 0 Å². The van der Waals surface area contributed by atoms with Crippen LogP contribution >= 0.6 is 0 Å². The van der Waals surface area contributed by atoms with E-state index >= 15 is 0 Å². The smallest absolute Gasteiger partial charge is 0.0547 e. The molecular formula is C54H40N2. The van der Waals surface area contributed by atoms with Gasteiger partial charge in [0.1, 0.15) is 0 Å². The van der Waals surface area contributed by atoms with Crippen molar-refractivity contribution in [2.75, 3.05) is 4.90 Å².